The maximum absolute atomic E-state index is 13.0. The molecule has 0 aromatic heterocycles. The third kappa shape index (κ3) is 6.12. The zero-order valence-electron chi connectivity index (χ0n) is 11.5. The normalized spacial score (nSPS) is 14.8. The van der Waals surface area contributed by atoms with Gasteiger partial charge in [0.15, 0.2) is 0 Å². The van der Waals surface area contributed by atoms with Crippen molar-refractivity contribution in [2.24, 2.45) is 5.92 Å². The van der Waals surface area contributed by atoms with Crippen LogP contribution in [0.4, 0.5) is 4.39 Å². The summed E-state index contributed by atoms with van der Waals surface area (Å²) in [6, 6.07) is 6.89. The molecule has 2 N–H and O–H groups in total. The first-order chi connectivity index (χ1) is 8.47. The van der Waals surface area contributed by atoms with E-state index in [1.807, 2.05) is 13.0 Å². The van der Waals surface area contributed by atoms with Crippen molar-refractivity contribution in [3.8, 4) is 0 Å². The van der Waals surface area contributed by atoms with Crippen molar-refractivity contribution in [2.45, 2.75) is 45.8 Å². The van der Waals surface area contributed by atoms with Crippen molar-refractivity contribution >= 4 is 0 Å². The van der Waals surface area contributed by atoms with Crippen LogP contribution in [0.25, 0.3) is 0 Å². The molecule has 18 heavy (non-hydrogen) atoms. The van der Waals surface area contributed by atoms with Crippen LogP contribution in [0.15, 0.2) is 24.3 Å². The van der Waals surface area contributed by atoms with Crippen LogP contribution in [0.2, 0.25) is 0 Å². The molecule has 0 heterocycles. The predicted molar refractivity (Wildman–Crippen MR) is 73.0 cm³/mol. The molecule has 0 amide bonds. The Morgan fingerprint density at radius 2 is 2.00 bits per heavy atom. The van der Waals surface area contributed by atoms with Crippen LogP contribution in [0.5, 0.6) is 0 Å². The molecule has 1 aromatic rings. The first-order valence-electron chi connectivity index (χ1n) is 6.63. The van der Waals surface area contributed by atoms with Gasteiger partial charge in [-0.2, -0.15) is 0 Å². The van der Waals surface area contributed by atoms with E-state index in [4.69, 9.17) is 0 Å². The number of aliphatic hydroxyl groups is 1. The molecule has 1 aromatic carbocycles. The lowest BCUT2D eigenvalue weighted by molar-refractivity contribution is 0.143. The van der Waals surface area contributed by atoms with E-state index in [1.54, 1.807) is 12.1 Å². The molecule has 0 aliphatic heterocycles. The Bertz CT molecular complexity index is 354. The van der Waals surface area contributed by atoms with E-state index in [2.05, 4.69) is 19.2 Å². The minimum absolute atomic E-state index is 0.195. The van der Waals surface area contributed by atoms with Crippen LogP contribution in [0.3, 0.4) is 0 Å². The molecule has 0 radical (unpaired) electrons. The second-order valence-electron chi connectivity index (χ2n) is 5.43. The van der Waals surface area contributed by atoms with Gasteiger partial charge in [-0.05, 0) is 43.4 Å². The van der Waals surface area contributed by atoms with Gasteiger partial charge in [-0.15, -0.1) is 0 Å². The van der Waals surface area contributed by atoms with Crippen molar-refractivity contribution in [3.63, 3.8) is 0 Å². The Morgan fingerprint density at radius 3 is 2.61 bits per heavy atom. The summed E-state index contributed by atoms with van der Waals surface area (Å²) in [4.78, 5) is 0. The second kappa shape index (κ2) is 7.49. The number of benzene rings is 1. The van der Waals surface area contributed by atoms with E-state index in [9.17, 15) is 9.50 Å². The first kappa shape index (κ1) is 15.1. The quantitative estimate of drug-likeness (QED) is 0.783. The molecule has 2 unspecified atom stereocenters. The fourth-order valence-corrected chi connectivity index (χ4v) is 2.05. The highest BCUT2D eigenvalue weighted by Gasteiger charge is 2.09. The Morgan fingerprint density at radius 1 is 1.28 bits per heavy atom. The van der Waals surface area contributed by atoms with Crippen molar-refractivity contribution in [3.05, 3.63) is 35.6 Å². The summed E-state index contributed by atoms with van der Waals surface area (Å²) in [6.07, 6.45) is 1.27. The van der Waals surface area contributed by atoms with Gasteiger partial charge in [-0.3, -0.25) is 0 Å². The molecule has 3 heteroatoms. The second-order valence-corrected chi connectivity index (χ2v) is 5.43. The smallest absolute Gasteiger partial charge is 0.123 e. The number of halogens is 1. The van der Waals surface area contributed by atoms with Crippen LogP contribution in [0.1, 0.15) is 32.8 Å². The van der Waals surface area contributed by atoms with Gasteiger partial charge in [-0.25, -0.2) is 4.39 Å². The molecule has 0 saturated heterocycles. The van der Waals surface area contributed by atoms with Gasteiger partial charge in [-0.1, -0.05) is 26.0 Å². The monoisotopic (exact) mass is 253 g/mol. The lowest BCUT2D eigenvalue weighted by atomic mass is 10.0. The van der Waals surface area contributed by atoms with Gasteiger partial charge in [0.25, 0.3) is 0 Å². The molecule has 0 fully saturated rings. The Labute approximate surface area is 109 Å². The van der Waals surface area contributed by atoms with E-state index in [1.165, 1.54) is 6.07 Å². The van der Waals surface area contributed by atoms with Crippen LogP contribution in [-0.4, -0.2) is 23.8 Å². The Balaban J connectivity index is 2.31. The highest BCUT2D eigenvalue weighted by Crippen LogP contribution is 2.07. The molecule has 1 rings (SSSR count). The average Bonchev–Trinajstić information content (AvgIpc) is 2.25. The van der Waals surface area contributed by atoms with Crippen molar-refractivity contribution in [1.82, 2.24) is 5.32 Å². The summed E-state index contributed by atoms with van der Waals surface area (Å²) in [6.45, 7) is 6.83. The van der Waals surface area contributed by atoms with Crippen LogP contribution < -0.4 is 5.32 Å². The molecule has 0 aliphatic rings. The third-order valence-corrected chi connectivity index (χ3v) is 2.88. The molecule has 102 valence electrons. The first-order valence-corrected chi connectivity index (χ1v) is 6.63. The topological polar surface area (TPSA) is 32.3 Å². The highest BCUT2D eigenvalue weighted by molar-refractivity contribution is 5.17. The van der Waals surface area contributed by atoms with Gasteiger partial charge in [0, 0.05) is 12.6 Å². The standard InChI is InChI=1S/C15H24FNO/c1-11(2)7-15(18)10-17-12(3)8-13-5-4-6-14(16)9-13/h4-6,9,11-12,15,17-18H,7-8,10H2,1-3H3. The van der Waals surface area contributed by atoms with E-state index < -0.39 is 0 Å². The summed E-state index contributed by atoms with van der Waals surface area (Å²) in [5.41, 5.74) is 0.980. The molecular formula is C15H24FNO. The zero-order chi connectivity index (χ0) is 13.5. The Kier molecular flexibility index (Phi) is 6.30. The molecule has 0 spiro atoms. The van der Waals surface area contributed by atoms with Gasteiger partial charge in [0.2, 0.25) is 0 Å². The maximum Gasteiger partial charge on any atom is 0.123 e. The lowest BCUT2D eigenvalue weighted by Gasteiger charge is -2.18. The summed E-state index contributed by atoms with van der Waals surface area (Å²) in [5, 5.41) is 13.0. The number of aliphatic hydroxyl groups excluding tert-OH is 1. The number of nitrogens with one attached hydrogen (secondary N) is 1. The number of hydrogen-bond acceptors (Lipinski definition) is 2. The van der Waals surface area contributed by atoms with Crippen LogP contribution in [-0.2, 0) is 6.42 Å². The van der Waals surface area contributed by atoms with Gasteiger partial charge < -0.3 is 10.4 Å². The predicted octanol–water partition coefficient (Wildman–Crippen LogP) is 2.75. The maximum atomic E-state index is 13.0. The number of rotatable bonds is 7. The minimum atomic E-state index is -0.306. The molecule has 0 aliphatic carbocycles. The average molecular weight is 253 g/mol. The summed E-state index contributed by atoms with van der Waals surface area (Å²) in [7, 11) is 0. The minimum Gasteiger partial charge on any atom is -0.392 e. The zero-order valence-corrected chi connectivity index (χ0v) is 11.5. The lowest BCUT2D eigenvalue weighted by Crippen LogP contribution is -2.35. The van der Waals surface area contributed by atoms with E-state index in [0.29, 0.717) is 12.5 Å². The molecular weight excluding hydrogens is 229 g/mol. The molecule has 0 bridgehead atoms. The van der Waals surface area contributed by atoms with Crippen molar-refractivity contribution in [1.29, 1.82) is 0 Å². The molecule has 2 nitrogen and oxygen atoms in total. The van der Waals surface area contributed by atoms with Gasteiger partial charge in [0.05, 0.1) is 6.10 Å². The van der Waals surface area contributed by atoms with Crippen molar-refractivity contribution < 1.29 is 9.50 Å². The number of hydrogen-bond donors (Lipinski definition) is 2. The van der Waals surface area contributed by atoms with Gasteiger partial charge in [0.1, 0.15) is 5.82 Å². The van der Waals surface area contributed by atoms with E-state index in [-0.39, 0.29) is 18.0 Å². The van der Waals surface area contributed by atoms with Crippen LogP contribution in [0, 0.1) is 11.7 Å². The van der Waals surface area contributed by atoms with E-state index >= 15 is 0 Å². The molecule has 2 atom stereocenters. The fraction of sp³-hybridized carbons (Fsp3) is 0.600. The fourth-order valence-electron chi connectivity index (χ4n) is 2.05. The summed E-state index contributed by atoms with van der Waals surface area (Å²) < 4.78 is 13.0. The van der Waals surface area contributed by atoms with E-state index in [0.717, 1.165) is 18.4 Å². The highest BCUT2D eigenvalue weighted by atomic mass is 19.1. The molecule has 0 saturated carbocycles. The summed E-state index contributed by atoms with van der Waals surface area (Å²) >= 11 is 0. The largest absolute Gasteiger partial charge is 0.392 e. The van der Waals surface area contributed by atoms with Gasteiger partial charge >= 0.3 is 0 Å². The van der Waals surface area contributed by atoms with Crippen molar-refractivity contribution in [2.75, 3.05) is 6.54 Å². The SMILES string of the molecule is CC(C)CC(O)CNC(C)Cc1cccc(F)c1. The Hall–Kier alpha value is -0.930. The summed E-state index contributed by atoms with van der Waals surface area (Å²) in [5.74, 6) is 0.305. The van der Waals surface area contributed by atoms with Crippen LogP contribution >= 0.6 is 0 Å². The third-order valence-electron chi connectivity index (χ3n) is 2.88.